The fourth-order valence-electron chi connectivity index (χ4n) is 7.29. The molecule has 10 rings (SSSR count). The van der Waals surface area contributed by atoms with E-state index in [1.165, 1.54) is 5.56 Å². The highest BCUT2D eigenvalue weighted by atomic mass is 16.3. The topological polar surface area (TPSA) is 64.7 Å². The summed E-state index contributed by atoms with van der Waals surface area (Å²) in [4.78, 5) is 20.6. The van der Waals surface area contributed by atoms with Crippen molar-refractivity contribution < 1.29 is 4.42 Å². The van der Waals surface area contributed by atoms with Crippen LogP contribution < -0.4 is 0 Å². The van der Waals surface area contributed by atoms with Gasteiger partial charge >= 0.3 is 0 Å². The van der Waals surface area contributed by atoms with E-state index in [9.17, 15) is 0 Å². The Morgan fingerprint density at radius 2 is 0.800 bits per heavy atom. The Hall–Kier alpha value is -7.50. The second-order valence-corrected chi connectivity index (χ2v) is 13.4. The zero-order valence-electron chi connectivity index (χ0n) is 29.7. The summed E-state index contributed by atoms with van der Waals surface area (Å²) in [5, 5.41) is 1.91. The Morgan fingerprint density at radius 3 is 1.51 bits per heavy atom. The number of nitrogens with zero attached hydrogens (tertiary/aromatic N) is 4. The van der Waals surface area contributed by atoms with Gasteiger partial charge < -0.3 is 4.42 Å². The van der Waals surface area contributed by atoms with Crippen molar-refractivity contribution >= 4 is 21.9 Å². The van der Waals surface area contributed by atoms with Crippen LogP contribution in [0.5, 0.6) is 0 Å². The second kappa shape index (κ2) is 13.8. The number of rotatable bonds is 7. The number of aromatic nitrogens is 4. The highest BCUT2D eigenvalue weighted by Gasteiger charge is 2.20. The zero-order chi connectivity index (χ0) is 36.6. The molecule has 0 bridgehead atoms. The first-order valence-corrected chi connectivity index (χ1v) is 18.3. The molecule has 258 valence electrons. The van der Waals surface area contributed by atoms with Gasteiger partial charge in [0.2, 0.25) is 5.89 Å². The van der Waals surface area contributed by atoms with E-state index in [1.807, 2.05) is 60.7 Å². The summed E-state index contributed by atoms with van der Waals surface area (Å²) in [6, 6.07) is 66.5. The summed E-state index contributed by atoms with van der Waals surface area (Å²) in [6.07, 6.45) is 0. The summed E-state index contributed by atoms with van der Waals surface area (Å²) in [5.74, 6) is 2.29. The lowest BCUT2D eigenvalue weighted by Gasteiger charge is -2.13. The third kappa shape index (κ3) is 6.14. The van der Waals surface area contributed by atoms with Crippen LogP contribution in [0.1, 0.15) is 0 Å². The van der Waals surface area contributed by atoms with E-state index in [0.717, 1.165) is 66.4 Å². The Labute approximate surface area is 318 Å². The van der Waals surface area contributed by atoms with Gasteiger partial charge in [-0.15, -0.1) is 0 Å². The van der Waals surface area contributed by atoms with Gasteiger partial charge in [-0.2, -0.15) is 0 Å². The van der Waals surface area contributed by atoms with Crippen molar-refractivity contribution in [3.05, 3.63) is 194 Å². The van der Waals surface area contributed by atoms with Gasteiger partial charge in [-0.25, -0.2) is 19.9 Å². The Kier molecular flexibility index (Phi) is 8.08. The van der Waals surface area contributed by atoms with Crippen LogP contribution in [0.15, 0.2) is 199 Å². The molecule has 0 aliphatic heterocycles. The first-order chi connectivity index (χ1) is 27.2. The molecule has 0 atom stereocenters. The third-order valence-corrected chi connectivity index (χ3v) is 9.97. The van der Waals surface area contributed by atoms with Crippen LogP contribution in [0.3, 0.4) is 0 Å². The van der Waals surface area contributed by atoms with Gasteiger partial charge in [0.25, 0.3) is 0 Å². The van der Waals surface area contributed by atoms with E-state index in [4.69, 9.17) is 24.4 Å². The van der Waals surface area contributed by atoms with Crippen LogP contribution in [0, 0.1) is 0 Å². The van der Waals surface area contributed by atoms with Crippen molar-refractivity contribution in [3.63, 3.8) is 0 Å². The molecule has 0 saturated carbocycles. The molecule has 0 aliphatic rings. The maximum atomic E-state index is 6.56. The van der Waals surface area contributed by atoms with Crippen molar-refractivity contribution in [2.75, 3.05) is 0 Å². The predicted octanol–water partition coefficient (Wildman–Crippen LogP) is 12.8. The van der Waals surface area contributed by atoms with Crippen LogP contribution >= 0.6 is 0 Å². The molecule has 0 spiro atoms. The molecule has 2 aromatic heterocycles. The van der Waals surface area contributed by atoms with Crippen LogP contribution in [0.2, 0.25) is 0 Å². The maximum absolute atomic E-state index is 6.56. The SMILES string of the molecule is c1ccc(-c2cccc(-c3cccc(-c4nc(-c5ccccc5-c5ccccc5)nc(-c5cccc6ccc7nc(-c8ccccc8)oc7c56)n4)c3)c2)cc1. The maximum Gasteiger partial charge on any atom is 0.227 e. The molecule has 0 aliphatic carbocycles. The average Bonchev–Trinajstić information content (AvgIpc) is 3.72. The summed E-state index contributed by atoms with van der Waals surface area (Å²) < 4.78 is 6.56. The molecule has 55 heavy (non-hydrogen) atoms. The van der Waals surface area contributed by atoms with E-state index in [-0.39, 0.29) is 0 Å². The first kappa shape index (κ1) is 32.2. The Bertz CT molecular complexity index is 2980. The van der Waals surface area contributed by atoms with Crippen LogP contribution in [-0.4, -0.2) is 19.9 Å². The molecule has 5 heteroatoms. The molecule has 8 aromatic carbocycles. The predicted molar refractivity (Wildman–Crippen MR) is 223 cm³/mol. The van der Waals surface area contributed by atoms with E-state index in [0.29, 0.717) is 28.9 Å². The van der Waals surface area contributed by atoms with Crippen molar-refractivity contribution in [2.24, 2.45) is 0 Å². The summed E-state index contributed by atoms with van der Waals surface area (Å²) >= 11 is 0. The Morgan fingerprint density at radius 1 is 0.309 bits per heavy atom. The molecule has 10 aromatic rings. The number of hydrogen-bond acceptors (Lipinski definition) is 5. The number of hydrogen-bond donors (Lipinski definition) is 0. The van der Waals surface area contributed by atoms with Gasteiger partial charge in [0.05, 0.1) is 0 Å². The van der Waals surface area contributed by atoms with Gasteiger partial charge in [0.15, 0.2) is 23.1 Å². The van der Waals surface area contributed by atoms with Crippen LogP contribution in [0.25, 0.3) is 101 Å². The van der Waals surface area contributed by atoms with Gasteiger partial charge in [-0.3, -0.25) is 0 Å². The summed E-state index contributed by atoms with van der Waals surface area (Å²) in [5.41, 5.74) is 11.7. The lowest BCUT2D eigenvalue weighted by atomic mass is 9.97. The molecule has 0 amide bonds. The van der Waals surface area contributed by atoms with Gasteiger partial charge in [0, 0.05) is 27.6 Å². The minimum atomic E-state index is 0.551. The Balaban J connectivity index is 1.18. The van der Waals surface area contributed by atoms with E-state index >= 15 is 0 Å². The standard InChI is InChI=1S/C50H32N4O/c1-4-15-33(16-5-1)37-22-12-23-38(31-37)39-24-13-25-40(32-39)47-52-48(42-27-11-10-26-41(42)34-17-6-2-7-18-34)54-49(53-47)43-28-14-21-35-29-30-44-46(45(35)43)55-50(51-44)36-19-8-3-9-20-36/h1-32H. The summed E-state index contributed by atoms with van der Waals surface area (Å²) in [7, 11) is 0. The van der Waals surface area contributed by atoms with Gasteiger partial charge in [0.1, 0.15) is 5.52 Å². The molecule has 2 heterocycles. The normalized spacial score (nSPS) is 11.3. The van der Waals surface area contributed by atoms with Crippen molar-refractivity contribution in [1.29, 1.82) is 0 Å². The molecule has 0 N–H and O–H groups in total. The van der Waals surface area contributed by atoms with Crippen molar-refractivity contribution in [2.45, 2.75) is 0 Å². The summed E-state index contributed by atoms with van der Waals surface area (Å²) in [6.45, 7) is 0. The lowest BCUT2D eigenvalue weighted by Crippen LogP contribution is -2.01. The molecular formula is C50H32N4O. The van der Waals surface area contributed by atoms with Crippen molar-refractivity contribution in [3.8, 4) is 79.0 Å². The molecular weight excluding hydrogens is 673 g/mol. The molecule has 0 radical (unpaired) electrons. The molecule has 0 saturated heterocycles. The molecule has 0 unspecified atom stereocenters. The highest BCUT2D eigenvalue weighted by Crippen LogP contribution is 2.38. The fraction of sp³-hybridized carbons (Fsp3) is 0. The van der Waals surface area contributed by atoms with Gasteiger partial charge in [-0.1, -0.05) is 164 Å². The largest absolute Gasteiger partial charge is 0.435 e. The fourth-order valence-corrected chi connectivity index (χ4v) is 7.29. The monoisotopic (exact) mass is 704 g/mol. The van der Waals surface area contributed by atoms with E-state index in [1.54, 1.807) is 0 Å². The number of oxazole rings is 1. The van der Waals surface area contributed by atoms with E-state index < -0.39 is 0 Å². The van der Waals surface area contributed by atoms with Crippen molar-refractivity contribution in [1.82, 2.24) is 19.9 Å². The number of benzene rings is 8. The lowest BCUT2D eigenvalue weighted by molar-refractivity contribution is 0.623. The minimum Gasteiger partial charge on any atom is -0.435 e. The average molecular weight is 705 g/mol. The first-order valence-electron chi connectivity index (χ1n) is 18.3. The van der Waals surface area contributed by atoms with Crippen LogP contribution in [0.4, 0.5) is 0 Å². The molecule has 5 nitrogen and oxygen atoms in total. The van der Waals surface area contributed by atoms with E-state index in [2.05, 4.69) is 133 Å². The quantitative estimate of drug-likeness (QED) is 0.165. The van der Waals surface area contributed by atoms with Gasteiger partial charge in [-0.05, 0) is 69.1 Å². The highest BCUT2D eigenvalue weighted by molar-refractivity contribution is 6.10. The minimum absolute atomic E-state index is 0.551. The zero-order valence-corrected chi connectivity index (χ0v) is 29.7. The smallest absolute Gasteiger partial charge is 0.227 e. The third-order valence-electron chi connectivity index (χ3n) is 9.97. The molecule has 0 fully saturated rings. The number of fused-ring (bicyclic) bond motifs is 3. The second-order valence-electron chi connectivity index (χ2n) is 13.4. The van der Waals surface area contributed by atoms with Crippen LogP contribution in [-0.2, 0) is 0 Å².